The predicted octanol–water partition coefficient (Wildman–Crippen LogP) is 2.70. The molecule has 0 spiro atoms. The molecule has 0 saturated carbocycles. The number of ether oxygens (including phenoxy) is 1. The number of carbonyl (C=O) groups is 4. The van der Waals surface area contributed by atoms with Gasteiger partial charge in [-0.15, -0.1) is 0 Å². The van der Waals surface area contributed by atoms with Crippen LogP contribution in [0, 0.1) is 0 Å². The highest BCUT2D eigenvalue weighted by atomic mass is 35.5. The first-order valence-corrected chi connectivity index (χ1v) is 8.92. The van der Waals surface area contributed by atoms with Crippen LogP contribution in [0.25, 0.3) is 0 Å². The van der Waals surface area contributed by atoms with Gasteiger partial charge in [0.2, 0.25) is 5.91 Å². The van der Waals surface area contributed by atoms with E-state index in [1.165, 1.54) is 6.07 Å². The molecule has 0 atom stereocenters. The molecule has 2 amide bonds. The van der Waals surface area contributed by atoms with Crippen molar-refractivity contribution < 1.29 is 23.9 Å². The van der Waals surface area contributed by atoms with Gasteiger partial charge in [0.25, 0.3) is 5.91 Å². The van der Waals surface area contributed by atoms with Gasteiger partial charge in [-0.3, -0.25) is 30.0 Å². The molecule has 2 aromatic rings. The second-order valence-electron chi connectivity index (χ2n) is 5.79. The molecule has 2 aromatic carbocycles. The van der Waals surface area contributed by atoms with E-state index in [2.05, 4.69) is 10.9 Å². The third-order valence-electron chi connectivity index (χ3n) is 3.68. The van der Waals surface area contributed by atoms with Gasteiger partial charge in [-0.2, -0.15) is 0 Å². The summed E-state index contributed by atoms with van der Waals surface area (Å²) < 4.78 is 4.90. The summed E-state index contributed by atoms with van der Waals surface area (Å²) >= 11 is 5.89. The zero-order valence-corrected chi connectivity index (χ0v) is 15.7. The summed E-state index contributed by atoms with van der Waals surface area (Å²) in [5, 5.41) is 0.266. The van der Waals surface area contributed by atoms with Crippen LogP contribution < -0.4 is 10.9 Å². The number of hydrazine groups is 1. The number of halogens is 1. The zero-order chi connectivity index (χ0) is 20.4. The largest absolute Gasteiger partial charge is 0.457 e. The number of nitrogens with one attached hydrogen (secondary N) is 2. The minimum Gasteiger partial charge on any atom is -0.457 e. The molecule has 2 N–H and O–H groups in total. The first-order chi connectivity index (χ1) is 13.5. The Balaban J connectivity index is 1.62. The van der Waals surface area contributed by atoms with Crippen molar-refractivity contribution in [1.82, 2.24) is 10.9 Å². The maximum atomic E-state index is 11.9. The van der Waals surface area contributed by atoms with Crippen molar-refractivity contribution >= 4 is 35.2 Å². The fraction of sp³-hybridized carbons (Fsp3) is 0.200. The van der Waals surface area contributed by atoms with Gasteiger partial charge < -0.3 is 4.74 Å². The number of esters is 1. The van der Waals surface area contributed by atoms with Crippen LogP contribution in [0.4, 0.5) is 0 Å². The van der Waals surface area contributed by atoms with Crippen LogP contribution in [0.3, 0.4) is 0 Å². The lowest BCUT2D eigenvalue weighted by Gasteiger charge is -2.08. The molecule has 146 valence electrons. The SMILES string of the molecule is O=C(CCCC(=O)OCC(=O)c1ccccc1)NNC(=O)c1ccccc1Cl. The number of ketones is 1. The maximum Gasteiger partial charge on any atom is 0.306 e. The number of hydrogen-bond donors (Lipinski definition) is 2. The van der Waals surface area contributed by atoms with Crippen molar-refractivity contribution in [2.75, 3.05) is 6.61 Å². The smallest absolute Gasteiger partial charge is 0.306 e. The minimum absolute atomic E-state index is 0.00450. The molecule has 0 aliphatic carbocycles. The predicted molar refractivity (Wildman–Crippen MR) is 103 cm³/mol. The summed E-state index contributed by atoms with van der Waals surface area (Å²) in [6.45, 7) is -0.344. The normalized spacial score (nSPS) is 10.0. The van der Waals surface area contributed by atoms with E-state index >= 15 is 0 Å². The Morgan fingerprint density at radius 3 is 2.25 bits per heavy atom. The summed E-state index contributed by atoms with van der Waals surface area (Å²) in [6, 6.07) is 14.9. The monoisotopic (exact) mass is 402 g/mol. The van der Waals surface area contributed by atoms with Gasteiger partial charge in [0, 0.05) is 18.4 Å². The van der Waals surface area contributed by atoms with Crippen molar-refractivity contribution in [2.24, 2.45) is 0 Å². The summed E-state index contributed by atoms with van der Waals surface area (Å²) in [5.41, 5.74) is 5.20. The van der Waals surface area contributed by atoms with E-state index in [1.54, 1.807) is 48.5 Å². The Kier molecular flexibility index (Phi) is 8.17. The van der Waals surface area contributed by atoms with Crippen molar-refractivity contribution in [3.8, 4) is 0 Å². The molecule has 0 radical (unpaired) electrons. The highest BCUT2D eigenvalue weighted by Crippen LogP contribution is 2.14. The van der Waals surface area contributed by atoms with E-state index in [4.69, 9.17) is 16.3 Å². The van der Waals surface area contributed by atoms with Gasteiger partial charge in [0.1, 0.15) is 0 Å². The van der Waals surface area contributed by atoms with Crippen LogP contribution in [0.1, 0.15) is 40.0 Å². The molecule has 0 saturated heterocycles. The number of hydrogen-bond acceptors (Lipinski definition) is 5. The fourth-order valence-electron chi connectivity index (χ4n) is 2.22. The lowest BCUT2D eigenvalue weighted by Crippen LogP contribution is -2.41. The molecule has 0 aliphatic heterocycles. The van der Waals surface area contributed by atoms with E-state index < -0.39 is 17.8 Å². The molecule has 2 rings (SSSR count). The van der Waals surface area contributed by atoms with E-state index in [9.17, 15) is 19.2 Å². The van der Waals surface area contributed by atoms with Crippen molar-refractivity contribution in [2.45, 2.75) is 19.3 Å². The fourth-order valence-corrected chi connectivity index (χ4v) is 2.44. The van der Waals surface area contributed by atoms with Crippen LogP contribution in [0.5, 0.6) is 0 Å². The second kappa shape index (κ2) is 10.8. The van der Waals surface area contributed by atoms with Gasteiger partial charge in [0.05, 0.1) is 10.6 Å². The average Bonchev–Trinajstić information content (AvgIpc) is 2.71. The lowest BCUT2D eigenvalue weighted by molar-refractivity contribution is -0.142. The van der Waals surface area contributed by atoms with Gasteiger partial charge in [-0.1, -0.05) is 54.1 Å². The molecule has 8 heteroatoms. The van der Waals surface area contributed by atoms with Crippen LogP contribution in [-0.2, 0) is 14.3 Å². The summed E-state index contributed by atoms with van der Waals surface area (Å²) in [6.07, 6.45) is 0.199. The molecule has 0 bridgehead atoms. The average molecular weight is 403 g/mol. The quantitative estimate of drug-likeness (QED) is 0.401. The van der Waals surface area contributed by atoms with Crippen LogP contribution in [0.15, 0.2) is 54.6 Å². The van der Waals surface area contributed by atoms with Crippen LogP contribution >= 0.6 is 11.6 Å². The van der Waals surface area contributed by atoms with Crippen LogP contribution in [-0.4, -0.2) is 30.2 Å². The van der Waals surface area contributed by atoms with Crippen molar-refractivity contribution in [3.63, 3.8) is 0 Å². The standard InChI is InChI=1S/C20H19ClN2O5/c21-16-10-5-4-9-15(16)20(27)23-22-18(25)11-6-12-19(26)28-13-17(24)14-7-2-1-3-8-14/h1-5,7-10H,6,11-13H2,(H,22,25)(H,23,27). The van der Waals surface area contributed by atoms with Crippen LogP contribution in [0.2, 0.25) is 5.02 Å². The third-order valence-corrected chi connectivity index (χ3v) is 4.01. The Labute approximate surface area is 167 Å². The number of Topliss-reactive ketones (excluding diaryl/α,β-unsaturated/α-hetero) is 1. The molecule has 7 nitrogen and oxygen atoms in total. The number of rotatable bonds is 8. The first kappa shape index (κ1) is 21.1. The van der Waals surface area contributed by atoms with Gasteiger partial charge in [-0.05, 0) is 18.6 Å². The minimum atomic E-state index is -0.572. The lowest BCUT2D eigenvalue weighted by atomic mass is 10.1. The molecule has 0 fully saturated rings. The Bertz CT molecular complexity index is 855. The van der Waals surface area contributed by atoms with Gasteiger partial charge in [0.15, 0.2) is 12.4 Å². The number of carbonyl (C=O) groups excluding carboxylic acids is 4. The highest BCUT2D eigenvalue weighted by molar-refractivity contribution is 6.33. The topological polar surface area (TPSA) is 102 Å². The van der Waals surface area contributed by atoms with Gasteiger partial charge in [-0.25, -0.2) is 0 Å². The van der Waals surface area contributed by atoms with Crippen molar-refractivity contribution in [1.29, 1.82) is 0 Å². The van der Waals surface area contributed by atoms with E-state index in [0.29, 0.717) is 5.56 Å². The number of benzene rings is 2. The third kappa shape index (κ3) is 6.85. The summed E-state index contributed by atoms with van der Waals surface area (Å²) in [5.74, 6) is -1.88. The highest BCUT2D eigenvalue weighted by Gasteiger charge is 2.12. The second-order valence-corrected chi connectivity index (χ2v) is 6.19. The molecule has 0 unspecified atom stereocenters. The first-order valence-electron chi connectivity index (χ1n) is 8.55. The molecule has 0 aromatic heterocycles. The molecule has 0 heterocycles. The maximum absolute atomic E-state index is 11.9. The molecule has 28 heavy (non-hydrogen) atoms. The Morgan fingerprint density at radius 2 is 1.54 bits per heavy atom. The number of amides is 2. The van der Waals surface area contributed by atoms with E-state index in [1.807, 2.05) is 0 Å². The Morgan fingerprint density at radius 1 is 0.857 bits per heavy atom. The zero-order valence-electron chi connectivity index (χ0n) is 14.9. The van der Waals surface area contributed by atoms with Gasteiger partial charge >= 0.3 is 5.97 Å². The summed E-state index contributed by atoms with van der Waals surface area (Å²) in [7, 11) is 0. The molecular weight excluding hydrogens is 384 g/mol. The van der Waals surface area contributed by atoms with E-state index in [-0.39, 0.29) is 42.2 Å². The molecular formula is C20H19ClN2O5. The Hall–Kier alpha value is -3.19. The van der Waals surface area contributed by atoms with E-state index in [0.717, 1.165) is 0 Å². The summed E-state index contributed by atoms with van der Waals surface area (Å²) in [4.78, 5) is 47.1. The molecule has 0 aliphatic rings. The van der Waals surface area contributed by atoms with Crippen molar-refractivity contribution in [3.05, 3.63) is 70.7 Å².